The average Bonchev–Trinajstić information content (AvgIpc) is 2.34. The summed E-state index contributed by atoms with van der Waals surface area (Å²) in [5.74, 6) is 0.531. The van der Waals surface area contributed by atoms with Crippen LogP contribution in [0.25, 0.3) is 0 Å². The van der Waals surface area contributed by atoms with Crippen LogP contribution in [-0.2, 0) is 5.41 Å². The molecule has 100 valence electrons. The van der Waals surface area contributed by atoms with E-state index in [0.717, 1.165) is 5.56 Å². The molecule has 0 radical (unpaired) electrons. The zero-order valence-corrected chi connectivity index (χ0v) is 11.3. The average molecular weight is 258 g/mol. The molecule has 0 heterocycles. The van der Waals surface area contributed by atoms with Gasteiger partial charge in [0.1, 0.15) is 17.2 Å². The fraction of sp³-hybridized carbons (Fsp3) is 0.250. The topological polar surface area (TPSA) is 60.7 Å². The van der Waals surface area contributed by atoms with E-state index in [9.17, 15) is 15.3 Å². The summed E-state index contributed by atoms with van der Waals surface area (Å²) in [7, 11) is 0. The van der Waals surface area contributed by atoms with Crippen molar-refractivity contribution in [1.82, 2.24) is 0 Å². The summed E-state index contributed by atoms with van der Waals surface area (Å²) in [6.07, 6.45) is 0. The second-order valence-corrected chi connectivity index (χ2v) is 5.33. The monoisotopic (exact) mass is 258 g/mol. The number of phenolic OH excluding ortho intramolecular Hbond substituents is 3. The van der Waals surface area contributed by atoms with Gasteiger partial charge in [0.2, 0.25) is 0 Å². The Labute approximate surface area is 112 Å². The predicted molar refractivity (Wildman–Crippen MR) is 74.7 cm³/mol. The second-order valence-electron chi connectivity index (χ2n) is 5.33. The van der Waals surface area contributed by atoms with Gasteiger partial charge in [0.25, 0.3) is 0 Å². The quantitative estimate of drug-likeness (QED) is 0.723. The predicted octanol–water partition coefficient (Wildman–Crippen LogP) is 3.44. The molecule has 3 heteroatoms. The van der Waals surface area contributed by atoms with Gasteiger partial charge in [-0.1, -0.05) is 26.0 Å². The molecule has 2 aromatic rings. The van der Waals surface area contributed by atoms with Gasteiger partial charge in [0.15, 0.2) is 0 Å². The molecule has 3 N–H and O–H groups in total. The molecule has 0 aliphatic heterocycles. The van der Waals surface area contributed by atoms with Crippen molar-refractivity contribution in [2.75, 3.05) is 0 Å². The third kappa shape index (κ3) is 2.36. The summed E-state index contributed by atoms with van der Waals surface area (Å²) in [4.78, 5) is 0. The van der Waals surface area contributed by atoms with E-state index in [2.05, 4.69) is 0 Å². The first-order chi connectivity index (χ1) is 8.82. The van der Waals surface area contributed by atoms with Crippen LogP contribution in [0.2, 0.25) is 0 Å². The molecule has 0 fully saturated rings. The first-order valence-electron chi connectivity index (χ1n) is 6.15. The minimum atomic E-state index is -0.471. The lowest BCUT2D eigenvalue weighted by atomic mass is 9.77. The molecule has 0 unspecified atom stereocenters. The Morgan fingerprint density at radius 1 is 0.842 bits per heavy atom. The first-order valence-corrected chi connectivity index (χ1v) is 6.15. The van der Waals surface area contributed by atoms with E-state index in [4.69, 9.17) is 0 Å². The Morgan fingerprint density at radius 2 is 1.42 bits per heavy atom. The van der Waals surface area contributed by atoms with Gasteiger partial charge in [0.05, 0.1) is 0 Å². The normalized spacial score (nSPS) is 11.5. The highest BCUT2D eigenvalue weighted by Crippen LogP contribution is 2.40. The van der Waals surface area contributed by atoms with E-state index in [0.29, 0.717) is 11.1 Å². The van der Waals surface area contributed by atoms with E-state index in [-0.39, 0.29) is 17.2 Å². The van der Waals surface area contributed by atoms with Crippen molar-refractivity contribution in [1.29, 1.82) is 0 Å². The van der Waals surface area contributed by atoms with Gasteiger partial charge < -0.3 is 15.3 Å². The van der Waals surface area contributed by atoms with Crippen molar-refractivity contribution in [2.24, 2.45) is 0 Å². The van der Waals surface area contributed by atoms with Gasteiger partial charge in [-0.05, 0) is 42.3 Å². The van der Waals surface area contributed by atoms with E-state index in [1.807, 2.05) is 26.0 Å². The molecule has 2 rings (SSSR count). The fourth-order valence-corrected chi connectivity index (χ4v) is 2.27. The minimum absolute atomic E-state index is 0.136. The van der Waals surface area contributed by atoms with Gasteiger partial charge in [-0.3, -0.25) is 0 Å². The van der Waals surface area contributed by atoms with Crippen molar-refractivity contribution >= 4 is 0 Å². The van der Waals surface area contributed by atoms with E-state index in [1.54, 1.807) is 25.1 Å². The Balaban J connectivity index is 2.59. The molecule has 0 aliphatic carbocycles. The summed E-state index contributed by atoms with van der Waals surface area (Å²) in [5, 5.41) is 29.3. The Morgan fingerprint density at radius 3 is 2.00 bits per heavy atom. The van der Waals surface area contributed by atoms with Gasteiger partial charge in [0, 0.05) is 11.0 Å². The van der Waals surface area contributed by atoms with Crippen LogP contribution in [0.5, 0.6) is 17.2 Å². The van der Waals surface area contributed by atoms with Gasteiger partial charge in [-0.15, -0.1) is 0 Å². The van der Waals surface area contributed by atoms with Gasteiger partial charge in [-0.25, -0.2) is 0 Å². The maximum Gasteiger partial charge on any atom is 0.122 e. The van der Waals surface area contributed by atoms with Crippen molar-refractivity contribution in [3.8, 4) is 17.2 Å². The standard InChI is InChI=1S/C16H18O3/c1-10-8-13(18)9-14(15(10)19)16(2,3)11-4-6-12(17)7-5-11/h4-9,17-19H,1-3H3. The van der Waals surface area contributed by atoms with Crippen LogP contribution in [0.4, 0.5) is 0 Å². The molecule has 0 bridgehead atoms. The number of aromatic hydroxyl groups is 3. The van der Waals surface area contributed by atoms with Crippen molar-refractivity contribution in [2.45, 2.75) is 26.2 Å². The van der Waals surface area contributed by atoms with E-state index >= 15 is 0 Å². The van der Waals surface area contributed by atoms with Crippen LogP contribution in [0.1, 0.15) is 30.5 Å². The highest BCUT2D eigenvalue weighted by Gasteiger charge is 2.27. The highest BCUT2D eigenvalue weighted by molar-refractivity contribution is 5.52. The summed E-state index contributed by atoms with van der Waals surface area (Å²) < 4.78 is 0. The highest BCUT2D eigenvalue weighted by atomic mass is 16.3. The Bertz CT molecular complexity index is 598. The molecule has 0 saturated heterocycles. The van der Waals surface area contributed by atoms with Crippen LogP contribution in [0.3, 0.4) is 0 Å². The van der Waals surface area contributed by atoms with Crippen LogP contribution in [0.15, 0.2) is 36.4 Å². The van der Waals surface area contributed by atoms with Crippen LogP contribution < -0.4 is 0 Å². The number of aryl methyl sites for hydroxylation is 1. The lowest BCUT2D eigenvalue weighted by molar-refractivity contribution is 0.436. The third-order valence-electron chi connectivity index (χ3n) is 3.55. The van der Waals surface area contributed by atoms with Crippen molar-refractivity contribution in [3.05, 3.63) is 53.1 Å². The fourth-order valence-electron chi connectivity index (χ4n) is 2.27. The molecule has 0 aliphatic rings. The summed E-state index contributed by atoms with van der Waals surface area (Å²) in [6, 6.07) is 9.97. The van der Waals surface area contributed by atoms with Gasteiger partial charge in [-0.2, -0.15) is 0 Å². The molecule has 0 amide bonds. The lowest BCUT2D eigenvalue weighted by Gasteiger charge is -2.27. The number of hydrogen-bond acceptors (Lipinski definition) is 3. The van der Waals surface area contributed by atoms with Crippen LogP contribution in [0, 0.1) is 6.92 Å². The summed E-state index contributed by atoms with van der Waals surface area (Å²) in [5.41, 5.74) is 1.78. The number of benzene rings is 2. The molecule has 3 nitrogen and oxygen atoms in total. The first kappa shape index (κ1) is 13.3. The van der Waals surface area contributed by atoms with Crippen molar-refractivity contribution < 1.29 is 15.3 Å². The number of phenols is 3. The molecule has 0 atom stereocenters. The summed E-state index contributed by atoms with van der Waals surface area (Å²) >= 11 is 0. The third-order valence-corrected chi connectivity index (χ3v) is 3.55. The smallest absolute Gasteiger partial charge is 0.122 e. The molecular formula is C16H18O3. The number of hydrogen-bond donors (Lipinski definition) is 3. The van der Waals surface area contributed by atoms with Crippen molar-refractivity contribution in [3.63, 3.8) is 0 Å². The second kappa shape index (κ2) is 4.50. The minimum Gasteiger partial charge on any atom is -0.508 e. The Kier molecular flexibility index (Phi) is 3.14. The van der Waals surface area contributed by atoms with Gasteiger partial charge >= 0.3 is 0 Å². The molecule has 0 spiro atoms. The van der Waals surface area contributed by atoms with Crippen LogP contribution in [-0.4, -0.2) is 15.3 Å². The molecule has 0 saturated carbocycles. The maximum absolute atomic E-state index is 10.2. The largest absolute Gasteiger partial charge is 0.508 e. The zero-order chi connectivity index (χ0) is 14.2. The number of rotatable bonds is 2. The molecule has 19 heavy (non-hydrogen) atoms. The SMILES string of the molecule is Cc1cc(O)cc(C(C)(C)c2ccc(O)cc2)c1O. The molecule has 0 aromatic heterocycles. The van der Waals surface area contributed by atoms with E-state index < -0.39 is 5.41 Å². The molecule has 2 aromatic carbocycles. The lowest BCUT2D eigenvalue weighted by Crippen LogP contribution is -2.19. The maximum atomic E-state index is 10.2. The van der Waals surface area contributed by atoms with E-state index in [1.165, 1.54) is 6.07 Å². The summed E-state index contributed by atoms with van der Waals surface area (Å²) in [6.45, 7) is 5.69. The Hall–Kier alpha value is -2.16. The van der Waals surface area contributed by atoms with Crippen LogP contribution >= 0.6 is 0 Å². The zero-order valence-electron chi connectivity index (χ0n) is 11.3. The molecular weight excluding hydrogens is 240 g/mol.